The zero-order chi connectivity index (χ0) is 20.8. The molecule has 0 unspecified atom stereocenters. The van der Waals surface area contributed by atoms with Crippen LogP contribution in [0.4, 0.5) is 5.13 Å². The van der Waals surface area contributed by atoms with E-state index in [1.807, 2.05) is 41.8 Å². The molecule has 1 aromatic heterocycles. The van der Waals surface area contributed by atoms with Crippen molar-refractivity contribution < 1.29 is 19.0 Å². The number of methoxy groups -OCH3 is 3. The Morgan fingerprint density at radius 1 is 1.07 bits per heavy atom. The molecule has 152 valence electrons. The Hall–Kier alpha value is -2.58. The Bertz CT molecular complexity index is 1010. The summed E-state index contributed by atoms with van der Waals surface area (Å²) in [6.45, 7) is 0. The fraction of sp³-hybridized carbons (Fsp3) is 0.238. The summed E-state index contributed by atoms with van der Waals surface area (Å²) in [5.41, 5.74) is 2.62. The second kappa shape index (κ2) is 9.76. The molecule has 1 amide bonds. The van der Waals surface area contributed by atoms with Crippen molar-refractivity contribution >= 4 is 38.3 Å². The number of anilines is 1. The van der Waals surface area contributed by atoms with Gasteiger partial charge in [0, 0.05) is 21.8 Å². The smallest absolute Gasteiger partial charge is 0.226 e. The van der Waals surface area contributed by atoms with Gasteiger partial charge in [0.15, 0.2) is 16.6 Å². The summed E-state index contributed by atoms with van der Waals surface area (Å²) in [5, 5.41) is 5.33. The molecule has 1 heterocycles. The Kier molecular flexibility index (Phi) is 7.11. The van der Waals surface area contributed by atoms with Crippen molar-refractivity contribution in [3.8, 4) is 28.5 Å². The maximum absolute atomic E-state index is 12.4. The second-order valence-corrected chi connectivity index (χ2v) is 7.80. The van der Waals surface area contributed by atoms with Gasteiger partial charge in [0.1, 0.15) is 5.75 Å². The summed E-state index contributed by atoms with van der Waals surface area (Å²) >= 11 is 4.90. The topological polar surface area (TPSA) is 69.7 Å². The number of benzene rings is 2. The van der Waals surface area contributed by atoms with Crippen LogP contribution >= 0.6 is 27.3 Å². The molecule has 0 aliphatic rings. The monoisotopic (exact) mass is 476 g/mol. The Morgan fingerprint density at radius 3 is 2.48 bits per heavy atom. The first-order valence-corrected chi connectivity index (χ1v) is 10.5. The highest BCUT2D eigenvalue weighted by molar-refractivity contribution is 9.10. The first-order valence-electron chi connectivity index (χ1n) is 8.85. The number of carbonyl (C=O) groups is 1. The number of nitrogens with one attached hydrogen (secondary N) is 1. The number of ether oxygens (including phenoxy) is 3. The molecule has 0 fully saturated rings. The highest BCUT2D eigenvalue weighted by Crippen LogP contribution is 2.34. The van der Waals surface area contributed by atoms with Crippen LogP contribution in [0.15, 0.2) is 46.3 Å². The minimum absolute atomic E-state index is 0.104. The number of hydrogen-bond acceptors (Lipinski definition) is 6. The number of para-hydroxylation sites is 1. The van der Waals surface area contributed by atoms with Crippen molar-refractivity contribution in [2.24, 2.45) is 0 Å². The van der Waals surface area contributed by atoms with E-state index >= 15 is 0 Å². The van der Waals surface area contributed by atoms with Crippen molar-refractivity contribution in [3.63, 3.8) is 0 Å². The molecule has 0 bridgehead atoms. The second-order valence-electron chi connectivity index (χ2n) is 6.08. The fourth-order valence-electron chi connectivity index (χ4n) is 2.83. The van der Waals surface area contributed by atoms with Crippen LogP contribution in [0.3, 0.4) is 0 Å². The van der Waals surface area contributed by atoms with Gasteiger partial charge in [-0.25, -0.2) is 4.98 Å². The van der Waals surface area contributed by atoms with Gasteiger partial charge in [0.05, 0.1) is 27.0 Å². The lowest BCUT2D eigenvalue weighted by Gasteiger charge is -2.11. The average molecular weight is 477 g/mol. The number of carbonyl (C=O) groups excluding carboxylic acids is 1. The molecule has 0 spiro atoms. The quantitative estimate of drug-likeness (QED) is 0.485. The molecule has 3 aromatic rings. The number of aromatic nitrogens is 1. The van der Waals surface area contributed by atoms with Crippen LogP contribution in [0.25, 0.3) is 11.3 Å². The Labute approximate surface area is 182 Å². The molecular weight excluding hydrogens is 456 g/mol. The van der Waals surface area contributed by atoms with Crippen molar-refractivity contribution in [1.82, 2.24) is 4.98 Å². The molecule has 0 radical (unpaired) electrons. The third-order valence-electron chi connectivity index (χ3n) is 4.31. The summed E-state index contributed by atoms with van der Waals surface area (Å²) < 4.78 is 16.9. The minimum Gasteiger partial charge on any atom is -0.496 e. The van der Waals surface area contributed by atoms with Crippen molar-refractivity contribution in [3.05, 3.63) is 51.8 Å². The molecular formula is C21H21BrN2O4S. The lowest BCUT2D eigenvalue weighted by Crippen LogP contribution is -2.12. The van der Waals surface area contributed by atoms with Crippen LogP contribution in [0.5, 0.6) is 17.2 Å². The number of thiazole rings is 1. The number of aryl methyl sites for hydroxylation is 1. The largest absolute Gasteiger partial charge is 0.496 e. The van der Waals surface area contributed by atoms with Crippen LogP contribution in [-0.4, -0.2) is 32.2 Å². The van der Waals surface area contributed by atoms with Gasteiger partial charge in [-0.1, -0.05) is 28.1 Å². The van der Waals surface area contributed by atoms with E-state index in [4.69, 9.17) is 14.2 Å². The molecule has 8 heteroatoms. The highest BCUT2D eigenvalue weighted by atomic mass is 79.9. The zero-order valence-corrected chi connectivity index (χ0v) is 18.7. The summed E-state index contributed by atoms with van der Waals surface area (Å²) in [4.78, 5) is 16.9. The standard InChI is InChI=1S/C21H21BrN2O4S/c1-26-17-7-5-4-6-14(17)16-12-29-21(23-16)24-20(25)9-8-13-10-18(27-2)19(28-3)11-15(13)22/h4-7,10-12H,8-9H2,1-3H3,(H,23,24,25). The number of rotatable bonds is 8. The number of nitrogens with zero attached hydrogens (tertiary/aromatic N) is 1. The van der Waals surface area contributed by atoms with Gasteiger partial charge in [-0.2, -0.15) is 0 Å². The lowest BCUT2D eigenvalue weighted by molar-refractivity contribution is -0.116. The normalized spacial score (nSPS) is 10.5. The molecule has 0 atom stereocenters. The van der Waals surface area contributed by atoms with E-state index in [1.54, 1.807) is 21.3 Å². The highest BCUT2D eigenvalue weighted by Gasteiger charge is 2.13. The number of amides is 1. The van der Waals surface area contributed by atoms with Gasteiger partial charge >= 0.3 is 0 Å². The summed E-state index contributed by atoms with van der Waals surface area (Å²) in [6.07, 6.45) is 0.870. The van der Waals surface area contributed by atoms with Gasteiger partial charge in [-0.05, 0) is 36.2 Å². The molecule has 0 aliphatic heterocycles. The van der Waals surface area contributed by atoms with E-state index in [-0.39, 0.29) is 5.91 Å². The van der Waals surface area contributed by atoms with Crippen LogP contribution in [0.2, 0.25) is 0 Å². The molecule has 29 heavy (non-hydrogen) atoms. The van der Waals surface area contributed by atoms with Gasteiger partial charge in [0.2, 0.25) is 5.91 Å². The van der Waals surface area contributed by atoms with E-state index in [1.165, 1.54) is 11.3 Å². The fourth-order valence-corrected chi connectivity index (χ4v) is 4.08. The third-order valence-corrected chi connectivity index (χ3v) is 5.80. The summed E-state index contributed by atoms with van der Waals surface area (Å²) in [7, 11) is 4.80. The van der Waals surface area contributed by atoms with E-state index in [9.17, 15) is 4.79 Å². The van der Waals surface area contributed by atoms with Crippen LogP contribution in [0, 0.1) is 0 Å². The summed E-state index contributed by atoms with van der Waals surface area (Å²) in [5.74, 6) is 1.91. The maximum Gasteiger partial charge on any atom is 0.226 e. The molecule has 0 saturated heterocycles. The van der Waals surface area contributed by atoms with Crippen molar-refractivity contribution in [2.75, 3.05) is 26.6 Å². The molecule has 2 aromatic carbocycles. The van der Waals surface area contributed by atoms with Crippen LogP contribution in [-0.2, 0) is 11.2 Å². The Morgan fingerprint density at radius 2 is 1.76 bits per heavy atom. The first kappa shape index (κ1) is 21.1. The lowest BCUT2D eigenvalue weighted by atomic mass is 10.1. The van der Waals surface area contributed by atoms with Gasteiger partial charge in [-0.15, -0.1) is 11.3 Å². The van der Waals surface area contributed by atoms with Gasteiger partial charge < -0.3 is 19.5 Å². The Balaban J connectivity index is 1.64. The molecule has 0 aliphatic carbocycles. The zero-order valence-electron chi connectivity index (χ0n) is 16.3. The van der Waals surface area contributed by atoms with E-state index in [0.29, 0.717) is 29.5 Å². The van der Waals surface area contributed by atoms with Crippen molar-refractivity contribution in [1.29, 1.82) is 0 Å². The molecule has 0 saturated carbocycles. The molecule has 3 rings (SSSR count). The SMILES string of the molecule is COc1cc(Br)c(CCC(=O)Nc2nc(-c3ccccc3OC)cs2)cc1OC. The maximum atomic E-state index is 12.4. The summed E-state index contributed by atoms with van der Waals surface area (Å²) in [6, 6.07) is 11.4. The first-order chi connectivity index (χ1) is 14.0. The van der Waals surface area contributed by atoms with Crippen molar-refractivity contribution in [2.45, 2.75) is 12.8 Å². The van der Waals surface area contributed by atoms with E-state index in [0.717, 1.165) is 27.0 Å². The molecule has 6 nitrogen and oxygen atoms in total. The third kappa shape index (κ3) is 5.07. The van der Waals surface area contributed by atoms with Crippen LogP contribution in [0.1, 0.15) is 12.0 Å². The van der Waals surface area contributed by atoms with Gasteiger partial charge in [-0.3, -0.25) is 4.79 Å². The predicted molar refractivity (Wildman–Crippen MR) is 118 cm³/mol. The number of hydrogen-bond donors (Lipinski definition) is 1. The average Bonchev–Trinajstić information content (AvgIpc) is 3.20. The van der Waals surface area contributed by atoms with E-state index in [2.05, 4.69) is 26.2 Å². The van der Waals surface area contributed by atoms with Crippen LogP contribution < -0.4 is 19.5 Å². The number of halogens is 1. The van der Waals surface area contributed by atoms with E-state index < -0.39 is 0 Å². The molecule has 1 N–H and O–H groups in total. The van der Waals surface area contributed by atoms with Gasteiger partial charge in [0.25, 0.3) is 0 Å². The predicted octanol–water partition coefficient (Wildman–Crippen LogP) is 5.17. The minimum atomic E-state index is -0.104.